The summed E-state index contributed by atoms with van der Waals surface area (Å²) >= 11 is 0. The van der Waals surface area contributed by atoms with Crippen molar-refractivity contribution >= 4 is 15.8 Å². The van der Waals surface area contributed by atoms with Gasteiger partial charge in [-0.25, -0.2) is 13.4 Å². The van der Waals surface area contributed by atoms with E-state index in [1.54, 1.807) is 53.9 Å². The summed E-state index contributed by atoms with van der Waals surface area (Å²) in [5.74, 6) is -1.13. The van der Waals surface area contributed by atoms with E-state index in [2.05, 4.69) is 4.98 Å². The maximum Gasteiger partial charge on any atom is 0.316 e. The maximum atomic E-state index is 13.3. The highest BCUT2D eigenvalue weighted by molar-refractivity contribution is 7.92. The molecule has 134 valence electrons. The van der Waals surface area contributed by atoms with Gasteiger partial charge in [-0.15, -0.1) is 0 Å². The van der Waals surface area contributed by atoms with E-state index in [0.717, 1.165) is 0 Å². The fraction of sp³-hybridized carbons (Fsp3) is 0.412. The predicted molar refractivity (Wildman–Crippen MR) is 91.8 cm³/mol. The van der Waals surface area contributed by atoms with Crippen LogP contribution < -0.4 is 0 Å². The maximum absolute atomic E-state index is 13.3. The minimum Gasteiger partial charge on any atom is -0.481 e. The summed E-state index contributed by atoms with van der Waals surface area (Å²) < 4.78 is 28.2. The number of carboxylic acids is 1. The van der Waals surface area contributed by atoms with Gasteiger partial charge in [0.15, 0.2) is 5.03 Å². The van der Waals surface area contributed by atoms with Crippen LogP contribution in [0.3, 0.4) is 0 Å². The van der Waals surface area contributed by atoms with Gasteiger partial charge in [0.1, 0.15) is 10.8 Å². The number of hydrogen-bond acceptors (Lipinski definition) is 5. The topological polar surface area (TPSA) is 92.5 Å². The summed E-state index contributed by atoms with van der Waals surface area (Å²) in [7, 11) is -0.642. The SMILES string of the molecule is CN1CCCC(C(=O)O)(c2ccccc2)C1S(=O)(=O)c1cn(C)cn1. The Bertz CT molecular complexity index is 878. The summed E-state index contributed by atoms with van der Waals surface area (Å²) in [6.45, 7) is 0.512. The Morgan fingerprint density at radius 2 is 1.96 bits per heavy atom. The number of piperidine rings is 1. The third kappa shape index (κ3) is 2.75. The molecule has 1 aliphatic heterocycles. The van der Waals surface area contributed by atoms with E-state index in [9.17, 15) is 18.3 Å². The van der Waals surface area contributed by atoms with Gasteiger partial charge >= 0.3 is 5.97 Å². The van der Waals surface area contributed by atoms with Crippen molar-refractivity contribution < 1.29 is 18.3 Å². The first kappa shape index (κ1) is 17.6. The lowest BCUT2D eigenvalue weighted by atomic mass is 9.74. The molecular formula is C17H21N3O4S. The molecule has 0 radical (unpaired) electrons. The third-order valence-corrected chi connectivity index (χ3v) is 6.98. The van der Waals surface area contributed by atoms with Crippen molar-refractivity contribution in [2.24, 2.45) is 7.05 Å². The summed E-state index contributed by atoms with van der Waals surface area (Å²) in [5, 5.41) is 8.81. The first-order valence-electron chi connectivity index (χ1n) is 8.01. The smallest absolute Gasteiger partial charge is 0.316 e. The van der Waals surface area contributed by atoms with Gasteiger partial charge in [0, 0.05) is 13.2 Å². The van der Waals surface area contributed by atoms with Crippen LogP contribution in [-0.2, 0) is 27.1 Å². The summed E-state index contributed by atoms with van der Waals surface area (Å²) in [5.41, 5.74) is -1.04. The number of carbonyl (C=O) groups is 1. The van der Waals surface area contributed by atoms with Crippen LogP contribution in [0.1, 0.15) is 18.4 Å². The summed E-state index contributed by atoms with van der Waals surface area (Å²) in [6, 6.07) is 8.63. The number of benzene rings is 1. The van der Waals surface area contributed by atoms with Crippen molar-refractivity contribution in [2.75, 3.05) is 13.6 Å². The Labute approximate surface area is 146 Å². The van der Waals surface area contributed by atoms with Crippen LogP contribution in [0.15, 0.2) is 47.9 Å². The highest BCUT2D eigenvalue weighted by atomic mass is 32.2. The number of likely N-dealkylation sites (tertiary alicyclic amines) is 1. The zero-order valence-electron chi connectivity index (χ0n) is 14.2. The van der Waals surface area contributed by atoms with E-state index in [1.165, 1.54) is 12.5 Å². The first-order chi connectivity index (χ1) is 11.8. The Hall–Kier alpha value is -2.19. The molecule has 1 N–H and O–H groups in total. The largest absolute Gasteiger partial charge is 0.481 e. The van der Waals surface area contributed by atoms with Gasteiger partial charge in [0.25, 0.3) is 0 Å². The van der Waals surface area contributed by atoms with Crippen LogP contribution in [-0.4, -0.2) is 52.9 Å². The molecule has 2 unspecified atom stereocenters. The third-order valence-electron chi connectivity index (χ3n) is 4.84. The van der Waals surface area contributed by atoms with Gasteiger partial charge in [0.2, 0.25) is 9.84 Å². The fourth-order valence-corrected chi connectivity index (χ4v) is 5.93. The molecule has 8 heteroatoms. The molecule has 1 aromatic carbocycles. The number of imidazole rings is 1. The molecule has 0 bridgehead atoms. The number of hydrogen-bond donors (Lipinski definition) is 1. The van der Waals surface area contributed by atoms with Crippen molar-refractivity contribution in [3.8, 4) is 0 Å². The van der Waals surface area contributed by atoms with Gasteiger partial charge in [-0.1, -0.05) is 30.3 Å². The molecular weight excluding hydrogens is 342 g/mol. The van der Waals surface area contributed by atoms with Gasteiger partial charge in [-0.05, 0) is 32.0 Å². The second-order valence-corrected chi connectivity index (χ2v) is 8.46. The van der Waals surface area contributed by atoms with Crippen LogP contribution in [0.2, 0.25) is 0 Å². The summed E-state index contributed by atoms with van der Waals surface area (Å²) in [4.78, 5) is 18.0. The quantitative estimate of drug-likeness (QED) is 0.879. The van der Waals surface area contributed by atoms with Crippen molar-refractivity contribution in [3.63, 3.8) is 0 Å². The van der Waals surface area contributed by atoms with E-state index in [-0.39, 0.29) is 11.4 Å². The van der Waals surface area contributed by atoms with E-state index in [4.69, 9.17) is 0 Å². The molecule has 1 fully saturated rings. The molecule has 0 saturated carbocycles. The minimum atomic E-state index is -3.98. The summed E-state index contributed by atoms with van der Waals surface area (Å²) in [6.07, 6.45) is 3.68. The number of likely N-dealkylation sites (N-methyl/N-ethyl adjacent to an activating group) is 1. The molecule has 3 rings (SSSR count). The van der Waals surface area contributed by atoms with Gasteiger partial charge in [-0.2, -0.15) is 0 Å². The zero-order valence-corrected chi connectivity index (χ0v) is 15.0. The lowest BCUT2D eigenvalue weighted by molar-refractivity contribution is -0.147. The molecule has 0 aliphatic carbocycles. The fourth-order valence-electron chi connectivity index (χ4n) is 3.73. The van der Waals surface area contributed by atoms with E-state index >= 15 is 0 Å². The van der Waals surface area contributed by atoms with Crippen molar-refractivity contribution in [2.45, 2.75) is 28.7 Å². The molecule has 2 heterocycles. The van der Waals surface area contributed by atoms with Crippen molar-refractivity contribution in [1.29, 1.82) is 0 Å². The lowest BCUT2D eigenvalue weighted by Crippen LogP contribution is -2.60. The molecule has 1 saturated heterocycles. The Kier molecular flexibility index (Phi) is 4.42. The number of sulfone groups is 1. The number of aryl methyl sites for hydroxylation is 1. The Morgan fingerprint density at radius 1 is 1.28 bits per heavy atom. The molecule has 1 aliphatic rings. The minimum absolute atomic E-state index is 0.102. The second-order valence-electron chi connectivity index (χ2n) is 6.50. The number of aliphatic carboxylic acids is 1. The molecule has 2 aromatic rings. The molecule has 0 spiro atoms. The number of nitrogens with zero attached hydrogens (tertiary/aromatic N) is 3. The van der Waals surface area contributed by atoms with Crippen LogP contribution in [0.5, 0.6) is 0 Å². The van der Waals surface area contributed by atoms with Crippen LogP contribution in [0, 0.1) is 0 Å². The molecule has 0 amide bonds. The predicted octanol–water partition coefficient (Wildman–Crippen LogP) is 1.27. The zero-order chi connectivity index (χ0) is 18.2. The standard InChI is InChI=1S/C17H21N3O4S/c1-19-11-14(18-12-19)25(23,24)15-17(16(21)22,9-6-10-20(15)2)13-7-4-3-5-8-13/h3-5,7-8,11-12,15H,6,9-10H2,1-2H3,(H,21,22). The Morgan fingerprint density at radius 3 is 2.52 bits per heavy atom. The van der Waals surface area contributed by atoms with Gasteiger partial charge in [0.05, 0.1) is 6.33 Å². The highest BCUT2D eigenvalue weighted by Crippen LogP contribution is 2.43. The highest BCUT2D eigenvalue weighted by Gasteiger charge is 2.57. The lowest BCUT2D eigenvalue weighted by Gasteiger charge is -2.45. The number of carboxylic acid groups (broad SMARTS) is 1. The van der Waals surface area contributed by atoms with E-state index in [0.29, 0.717) is 18.5 Å². The van der Waals surface area contributed by atoms with Gasteiger partial charge in [-0.3, -0.25) is 9.69 Å². The molecule has 2 atom stereocenters. The molecule has 1 aromatic heterocycles. The first-order valence-corrected chi connectivity index (χ1v) is 9.56. The van der Waals surface area contributed by atoms with Crippen molar-refractivity contribution in [1.82, 2.24) is 14.5 Å². The Balaban J connectivity index is 2.24. The van der Waals surface area contributed by atoms with E-state index in [1.807, 2.05) is 0 Å². The average molecular weight is 363 g/mol. The monoisotopic (exact) mass is 363 g/mol. The van der Waals surface area contributed by atoms with Crippen LogP contribution >= 0.6 is 0 Å². The number of aromatic nitrogens is 2. The van der Waals surface area contributed by atoms with Crippen molar-refractivity contribution in [3.05, 3.63) is 48.4 Å². The number of rotatable bonds is 4. The second kappa shape index (κ2) is 6.27. The molecule has 25 heavy (non-hydrogen) atoms. The van der Waals surface area contributed by atoms with Crippen LogP contribution in [0.4, 0.5) is 0 Å². The molecule has 7 nitrogen and oxygen atoms in total. The van der Waals surface area contributed by atoms with E-state index < -0.39 is 26.6 Å². The van der Waals surface area contributed by atoms with Gasteiger partial charge < -0.3 is 9.67 Å². The normalized spacial score (nSPS) is 25.0. The van der Waals surface area contributed by atoms with Crippen LogP contribution in [0.25, 0.3) is 0 Å². The average Bonchev–Trinajstić information content (AvgIpc) is 3.02.